The van der Waals surface area contributed by atoms with Crippen LogP contribution < -0.4 is 0 Å². The molecule has 1 aromatic carbocycles. The Balaban J connectivity index is 1.87. The zero-order chi connectivity index (χ0) is 17.5. The first kappa shape index (κ1) is 18.5. The van der Waals surface area contributed by atoms with Gasteiger partial charge in [-0.2, -0.15) is 0 Å². The molecule has 132 valence electrons. The number of carbonyl (C=O) groups is 2. The molecule has 1 N–H and O–H groups in total. The maximum Gasteiger partial charge on any atom is 0.224 e. The summed E-state index contributed by atoms with van der Waals surface area (Å²) in [5.74, 6) is 0.211. The predicted molar refractivity (Wildman–Crippen MR) is 93.1 cm³/mol. The maximum absolute atomic E-state index is 12.5. The summed E-state index contributed by atoms with van der Waals surface area (Å²) < 4.78 is 0. The van der Waals surface area contributed by atoms with Crippen LogP contribution in [0.15, 0.2) is 30.3 Å². The molecular weight excluding hydrogens is 304 g/mol. The van der Waals surface area contributed by atoms with E-state index >= 15 is 0 Å². The van der Waals surface area contributed by atoms with Crippen LogP contribution in [0.2, 0.25) is 0 Å². The monoisotopic (exact) mass is 332 g/mol. The van der Waals surface area contributed by atoms with Gasteiger partial charge in [0, 0.05) is 45.4 Å². The molecule has 2 unspecified atom stereocenters. The first-order chi connectivity index (χ1) is 11.5. The molecule has 1 aromatic rings. The minimum atomic E-state index is -0.382. The summed E-state index contributed by atoms with van der Waals surface area (Å²) >= 11 is 0. The number of likely N-dealkylation sites (tertiary alicyclic amines) is 1. The third-order valence-electron chi connectivity index (χ3n) is 4.75. The largest absolute Gasteiger partial charge is 0.393 e. The second-order valence-electron chi connectivity index (χ2n) is 6.66. The van der Waals surface area contributed by atoms with Gasteiger partial charge < -0.3 is 14.9 Å². The summed E-state index contributed by atoms with van der Waals surface area (Å²) in [5, 5.41) is 9.74. The first-order valence-corrected chi connectivity index (χ1v) is 8.72. The van der Waals surface area contributed by atoms with Gasteiger partial charge in [-0.15, -0.1) is 0 Å². The van der Waals surface area contributed by atoms with E-state index in [9.17, 15) is 14.7 Å². The summed E-state index contributed by atoms with van der Waals surface area (Å²) in [7, 11) is 0. The third-order valence-corrected chi connectivity index (χ3v) is 4.75. The number of carbonyl (C=O) groups excluding carboxylic acids is 2. The van der Waals surface area contributed by atoms with E-state index in [2.05, 4.69) is 0 Å². The summed E-state index contributed by atoms with van der Waals surface area (Å²) in [6.07, 6.45) is 1.85. The molecule has 0 aromatic heterocycles. The number of hydrogen-bond acceptors (Lipinski definition) is 3. The lowest BCUT2D eigenvalue weighted by Crippen LogP contribution is -2.44. The van der Waals surface area contributed by atoms with Gasteiger partial charge in [0.05, 0.1) is 6.10 Å². The van der Waals surface area contributed by atoms with Crippen LogP contribution in [0.4, 0.5) is 0 Å². The van der Waals surface area contributed by atoms with Crippen molar-refractivity contribution in [1.82, 2.24) is 9.80 Å². The molecule has 0 radical (unpaired) electrons. The fraction of sp³-hybridized carbons (Fsp3) is 0.579. The van der Waals surface area contributed by atoms with E-state index in [0.717, 1.165) is 24.9 Å². The standard InChI is InChI=1S/C19H28N2O3/c1-15(22)18-9-6-11-21(14-18)19(24)10-12-20(16(2)23)13-17-7-4-3-5-8-17/h3-5,7-8,15,18,22H,6,9-14H2,1-2H3. The van der Waals surface area contributed by atoms with Crippen LogP contribution in [-0.2, 0) is 16.1 Å². The van der Waals surface area contributed by atoms with E-state index in [1.807, 2.05) is 35.2 Å². The van der Waals surface area contributed by atoms with Crippen LogP contribution in [0.1, 0.15) is 38.7 Å². The van der Waals surface area contributed by atoms with Crippen molar-refractivity contribution in [2.75, 3.05) is 19.6 Å². The van der Waals surface area contributed by atoms with Crippen LogP contribution >= 0.6 is 0 Å². The van der Waals surface area contributed by atoms with Gasteiger partial charge in [0.1, 0.15) is 0 Å². The fourth-order valence-corrected chi connectivity index (χ4v) is 3.17. The normalized spacial score (nSPS) is 19.0. The smallest absolute Gasteiger partial charge is 0.224 e. The molecule has 1 fully saturated rings. The van der Waals surface area contributed by atoms with Crippen molar-refractivity contribution < 1.29 is 14.7 Å². The van der Waals surface area contributed by atoms with E-state index in [1.54, 1.807) is 11.8 Å². The van der Waals surface area contributed by atoms with Crippen molar-refractivity contribution in [3.8, 4) is 0 Å². The topological polar surface area (TPSA) is 60.9 Å². The fourth-order valence-electron chi connectivity index (χ4n) is 3.17. The van der Waals surface area contributed by atoms with E-state index < -0.39 is 0 Å². The molecule has 1 aliphatic rings. The number of aliphatic hydroxyl groups excluding tert-OH is 1. The highest BCUT2D eigenvalue weighted by molar-refractivity contribution is 5.78. The summed E-state index contributed by atoms with van der Waals surface area (Å²) in [4.78, 5) is 27.8. The Bertz CT molecular complexity index is 545. The minimum Gasteiger partial charge on any atom is -0.393 e. The molecule has 2 rings (SSSR count). The quantitative estimate of drug-likeness (QED) is 0.867. The average Bonchev–Trinajstić information content (AvgIpc) is 2.59. The Kier molecular flexibility index (Phi) is 6.79. The summed E-state index contributed by atoms with van der Waals surface area (Å²) in [5.41, 5.74) is 1.06. The second-order valence-corrected chi connectivity index (χ2v) is 6.66. The Morgan fingerprint density at radius 2 is 2.04 bits per heavy atom. The zero-order valence-corrected chi connectivity index (χ0v) is 14.6. The number of benzene rings is 1. The van der Waals surface area contributed by atoms with Gasteiger partial charge >= 0.3 is 0 Å². The third kappa shape index (κ3) is 5.34. The van der Waals surface area contributed by atoms with Gasteiger partial charge in [0.25, 0.3) is 0 Å². The molecule has 0 spiro atoms. The number of aliphatic hydroxyl groups is 1. The highest BCUT2D eigenvalue weighted by Gasteiger charge is 2.26. The predicted octanol–water partition coefficient (Wildman–Crippen LogP) is 2.04. The van der Waals surface area contributed by atoms with Crippen molar-refractivity contribution >= 4 is 11.8 Å². The van der Waals surface area contributed by atoms with Gasteiger partial charge in [-0.05, 0) is 25.3 Å². The molecule has 1 saturated heterocycles. The van der Waals surface area contributed by atoms with Crippen LogP contribution in [0, 0.1) is 5.92 Å². The molecule has 0 saturated carbocycles. The zero-order valence-electron chi connectivity index (χ0n) is 14.6. The molecule has 0 bridgehead atoms. The number of amides is 2. The molecule has 1 aliphatic heterocycles. The first-order valence-electron chi connectivity index (χ1n) is 8.72. The lowest BCUT2D eigenvalue weighted by atomic mass is 9.93. The molecule has 0 aliphatic carbocycles. The number of hydrogen-bond donors (Lipinski definition) is 1. The SMILES string of the molecule is CC(=O)N(CCC(=O)N1CCCC(C(C)O)C1)Cc1ccccc1. The average molecular weight is 332 g/mol. The molecule has 5 heteroatoms. The lowest BCUT2D eigenvalue weighted by molar-refractivity contribution is -0.135. The van der Waals surface area contributed by atoms with Crippen LogP contribution in [0.25, 0.3) is 0 Å². The van der Waals surface area contributed by atoms with Crippen LogP contribution in [0.5, 0.6) is 0 Å². The number of nitrogens with zero attached hydrogens (tertiary/aromatic N) is 2. The maximum atomic E-state index is 12.5. The molecule has 2 amide bonds. The van der Waals surface area contributed by atoms with Crippen molar-refractivity contribution in [1.29, 1.82) is 0 Å². The number of rotatable bonds is 6. The Hall–Kier alpha value is -1.88. The molecule has 1 heterocycles. The van der Waals surface area contributed by atoms with Gasteiger partial charge in [-0.25, -0.2) is 0 Å². The van der Waals surface area contributed by atoms with Gasteiger partial charge in [-0.1, -0.05) is 30.3 Å². The van der Waals surface area contributed by atoms with E-state index in [1.165, 1.54) is 6.92 Å². The van der Waals surface area contributed by atoms with Gasteiger partial charge in [0.15, 0.2) is 0 Å². The Morgan fingerprint density at radius 3 is 2.67 bits per heavy atom. The van der Waals surface area contributed by atoms with E-state index in [0.29, 0.717) is 26.1 Å². The summed E-state index contributed by atoms with van der Waals surface area (Å²) in [6, 6.07) is 9.80. The number of piperidine rings is 1. The van der Waals surface area contributed by atoms with Crippen LogP contribution in [0.3, 0.4) is 0 Å². The molecule has 5 nitrogen and oxygen atoms in total. The van der Waals surface area contributed by atoms with E-state index in [4.69, 9.17) is 0 Å². The van der Waals surface area contributed by atoms with Crippen molar-refractivity contribution in [3.05, 3.63) is 35.9 Å². The van der Waals surface area contributed by atoms with E-state index in [-0.39, 0.29) is 23.8 Å². The van der Waals surface area contributed by atoms with Crippen LogP contribution in [-0.4, -0.2) is 52.5 Å². The highest BCUT2D eigenvalue weighted by Crippen LogP contribution is 2.20. The van der Waals surface area contributed by atoms with Gasteiger partial charge in [-0.3, -0.25) is 9.59 Å². The highest BCUT2D eigenvalue weighted by atomic mass is 16.3. The molecule has 2 atom stereocenters. The Labute approximate surface area is 144 Å². The molecular formula is C19H28N2O3. The van der Waals surface area contributed by atoms with Crippen molar-refractivity contribution in [3.63, 3.8) is 0 Å². The Morgan fingerprint density at radius 1 is 1.33 bits per heavy atom. The van der Waals surface area contributed by atoms with Crippen molar-refractivity contribution in [2.45, 2.75) is 45.8 Å². The second kappa shape index (κ2) is 8.83. The minimum absolute atomic E-state index is 0.0212. The molecule has 24 heavy (non-hydrogen) atoms. The van der Waals surface area contributed by atoms with Crippen molar-refractivity contribution in [2.24, 2.45) is 5.92 Å². The summed E-state index contributed by atoms with van der Waals surface area (Å²) in [6.45, 7) is 5.66. The van der Waals surface area contributed by atoms with Gasteiger partial charge in [0.2, 0.25) is 11.8 Å². The lowest BCUT2D eigenvalue weighted by Gasteiger charge is -2.34.